The molecule has 2 aliphatic carbocycles. The Labute approximate surface area is 81.2 Å². The molecule has 0 heterocycles. The third kappa shape index (κ3) is 0.816. The van der Waals surface area contributed by atoms with Gasteiger partial charge in [0, 0.05) is 23.5 Å². The zero-order valence-electron chi connectivity index (χ0n) is 7.51. The highest BCUT2D eigenvalue weighted by atomic mass is 16.6. The van der Waals surface area contributed by atoms with Gasteiger partial charge in [0.2, 0.25) is 0 Å². The summed E-state index contributed by atoms with van der Waals surface area (Å²) in [6.07, 6.45) is 5.29. The summed E-state index contributed by atoms with van der Waals surface area (Å²) in [5.41, 5.74) is 2.40. The molecule has 0 amide bonds. The summed E-state index contributed by atoms with van der Waals surface area (Å²) in [5, 5.41) is 10.8. The zero-order chi connectivity index (χ0) is 9.71. The molecular formula is C11H9NO2. The van der Waals surface area contributed by atoms with Crippen molar-refractivity contribution in [1.29, 1.82) is 0 Å². The van der Waals surface area contributed by atoms with E-state index in [0.29, 0.717) is 11.6 Å². The second-order valence-corrected chi connectivity index (χ2v) is 3.87. The standard InChI is InChI=1S/C11H9NO2/c13-12(14)10-3-1-2-9-7-4-5-8(6-7)11(9)10/h1-5,7-8H,6H2/t7-,8+/m1/s1. The van der Waals surface area contributed by atoms with E-state index in [4.69, 9.17) is 0 Å². The predicted molar refractivity (Wildman–Crippen MR) is 52.3 cm³/mol. The molecule has 0 aromatic heterocycles. The summed E-state index contributed by atoms with van der Waals surface area (Å²) in [6, 6.07) is 5.40. The summed E-state index contributed by atoms with van der Waals surface area (Å²) in [7, 11) is 0. The fourth-order valence-electron chi connectivity index (χ4n) is 2.60. The normalized spacial score (nSPS) is 26.6. The Morgan fingerprint density at radius 2 is 2.07 bits per heavy atom. The highest BCUT2D eigenvalue weighted by molar-refractivity contribution is 5.57. The lowest BCUT2D eigenvalue weighted by Gasteiger charge is -2.09. The molecule has 0 spiro atoms. The molecule has 1 aromatic rings. The Bertz CT molecular complexity index is 451. The number of hydrogen-bond donors (Lipinski definition) is 0. The van der Waals surface area contributed by atoms with Crippen molar-refractivity contribution in [1.82, 2.24) is 0 Å². The number of hydrogen-bond acceptors (Lipinski definition) is 2. The smallest absolute Gasteiger partial charge is 0.258 e. The van der Waals surface area contributed by atoms with Crippen molar-refractivity contribution in [2.24, 2.45) is 0 Å². The van der Waals surface area contributed by atoms with E-state index in [0.717, 1.165) is 17.5 Å². The molecule has 3 heteroatoms. The van der Waals surface area contributed by atoms with Gasteiger partial charge in [-0.1, -0.05) is 24.3 Å². The summed E-state index contributed by atoms with van der Waals surface area (Å²) in [6.45, 7) is 0. The van der Waals surface area contributed by atoms with Crippen LogP contribution >= 0.6 is 0 Å². The van der Waals surface area contributed by atoms with Crippen molar-refractivity contribution in [2.45, 2.75) is 18.3 Å². The Morgan fingerprint density at radius 3 is 2.86 bits per heavy atom. The van der Waals surface area contributed by atoms with Crippen LogP contribution < -0.4 is 0 Å². The largest absolute Gasteiger partial charge is 0.273 e. The predicted octanol–water partition coefficient (Wildman–Crippen LogP) is 2.74. The van der Waals surface area contributed by atoms with Crippen LogP contribution in [-0.2, 0) is 0 Å². The summed E-state index contributed by atoms with van der Waals surface area (Å²) in [4.78, 5) is 10.5. The molecule has 2 bridgehead atoms. The van der Waals surface area contributed by atoms with E-state index >= 15 is 0 Å². The fourth-order valence-corrected chi connectivity index (χ4v) is 2.60. The quantitative estimate of drug-likeness (QED) is 0.385. The van der Waals surface area contributed by atoms with E-state index in [2.05, 4.69) is 12.2 Å². The van der Waals surface area contributed by atoms with Gasteiger partial charge in [0.15, 0.2) is 0 Å². The van der Waals surface area contributed by atoms with Crippen molar-refractivity contribution in [3.05, 3.63) is 51.6 Å². The van der Waals surface area contributed by atoms with Gasteiger partial charge in [0.05, 0.1) is 4.92 Å². The zero-order valence-corrected chi connectivity index (χ0v) is 7.51. The third-order valence-corrected chi connectivity index (χ3v) is 3.17. The first-order chi connectivity index (χ1) is 6.77. The van der Waals surface area contributed by atoms with Crippen LogP contribution in [0.2, 0.25) is 0 Å². The molecule has 0 unspecified atom stereocenters. The minimum absolute atomic E-state index is 0.270. The van der Waals surface area contributed by atoms with Gasteiger partial charge in [-0.3, -0.25) is 10.1 Å². The van der Waals surface area contributed by atoms with Crippen molar-refractivity contribution in [3.8, 4) is 0 Å². The summed E-state index contributed by atoms with van der Waals surface area (Å²) >= 11 is 0. The van der Waals surface area contributed by atoms with Crippen LogP contribution in [0.5, 0.6) is 0 Å². The molecule has 3 nitrogen and oxygen atoms in total. The molecule has 14 heavy (non-hydrogen) atoms. The molecular weight excluding hydrogens is 178 g/mol. The minimum Gasteiger partial charge on any atom is -0.258 e. The van der Waals surface area contributed by atoms with Gasteiger partial charge in [-0.25, -0.2) is 0 Å². The lowest BCUT2D eigenvalue weighted by Crippen LogP contribution is -1.99. The van der Waals surface area contributed by atoms with Crippen molar-refractivity contribution >= 4 is 5.69 Å². The van der Waals surface area contributed by atoms with E-state index in [1.165, 1.54) is 0 Å². The van der Waals surface area contributed by atoms with Crippen LogP contribution in [0.15, 0.2) is 30.4 Å². The maximum absolute atomic E-state index is 10.8. The molecule has 2 aliphatic rings. The molecule has 1 aromatic carbocycles. The van der Waals surface area contributed by atoms with E-state index < -0.39 is 0 Å². The topological polar surface area (TPSA) is 43.1 Å². The van der Waals surface area contributed by atoms with Crippen LogP contribution in [0.25, 0.3) is 0 Å². The van der Waals surface area contributed by atoms with E-state index in [1.807, 2.05) is 6.07 Å². The molecule has 70 valence electrons. The second kappa shape index (κ2) is 2.44. The van der Waals surface area contributed by atoms with Gasteiger partial charge in [-0.05, 0) is 12.0 Å². The van der Waals surface area contributed by atoms with E-state index in [9.17, 15) is 10.1 Å². The average Bonchev–Trinajstić information content (AvgIpc) is 2.77. The van der Waals surface area contributed by atoms with E-state index in [1.54, 1.807) is 12.1 Å². The van der Waals surface area contributed by atoms with Gasteiger partial charge in [-0.15, -0.1) is 0 Å². The van der Waals surface area contributed by atoms with Gasteiger partial charge in [-0.2, -0.15) is 0 Å². The Balaban J connectivity index is 2.25. The van der Waals surface area contributed by atoms with Gasteiger partial charge in [0.25, 0.3) is 5.69 Å². The van der Waals surface area contributed by atoms with Crippen molar-refractivity contribution in [3.63, 3.8) is 0 Å². The molecule has 0 saturated carbocycles. The first-order valence-electron chi connectivity index (χ1n) is 4.73. The molecule has 0 saturated heterocycles. The minimum atomic E-state index is -0.270. The van der Waals surface area contributed by atoms with Crippen LogP contribution in [0.3, 0.4) is 0 Å². The molecule has 0 aliphatic heterocycles. The molecule has 0 fully saturated rings. The maximum Gasteiger partial charge on any atom is 0.273 e. The van der Waals surface area contributed by atoms with Crippen LogP contribution in [0, 0.1) is 10.1 Å². The lowest BCUT2D eigenvalue weighted by molar-refractivity contribution is -0.385. The molecule has 3 rings (SSSR count). The monoisotopic (exact) mass is 187 g/mol. The Hall–Kier alpha value is -1.64. The first kappa shape index (κ1) is 7.74. The number of nitro benzene ring substituents is 1. The third-order valence-electron chi connectivity index (χ3n) is 3.17. The Morgan fingerprint density at radius 1 is 1.29 bits per heavy atom. The number of benzene rings is 1. The highest BCUT2D eigenvalue weighted by Gasteiger charge is 2.37. The average molecular weight is 187 g/mol. The second-order valence-electron chi connectivity index (χ2n) is 3.87. The maximum atomic E-state index is 10.8. The van der Waals surface area contributed by atoms with Crippen molar-refractivity contribution in [2.75, 3.05) is 0 Å². The van der Waals surface area contributed by atoms with E-state index in [-0.39, 0.29) is 10.8 Å². The van der Waals surface area contributed by atoms with Crippen LogP contribution in [-0.4, -0.2) is 4.92 Å². The number of allylic oxidation sites excluding steroid dienone is 2. The van der Waals surface area contributed by atoms with Crippen molar-refractivity contribution < 1.29 is 4.92 Å². The van der Waals surface area contributed by atoms with Crippen LogP contribution in [0.4, 0.5) is 5.69 Å². The fraction of sp³-hybridized carbons (Fsp3) is 0.273. The summed E-state index contributed by atoms with van der Waals surface area (Å²) < 4.78 is 0. The lowest BCUT2D eigenvalue weighted by atomic mass is 9.95. The Kier molecular flexibility index (Phi) is 1.35. The molecule has 0 radical (unpaired) electrons. The van der Waals surface area contributed by atoms with Gasteiger partial charge in [0.1, 0.15) is 0 Å². The molecule has 2 atom stereocenters. The van der Waals surface area contributed by atoms with Crippen LogP contribution in [0.1, 0.15) is 29.4 Å². The van der Waals surface area contributed by atoms with Gasteiger partial charge >= 0.3 is 0 Å². The summed E-state index contributed by atoms with van der Waals surface area (Å²) in [5.74, 6) is 0.714. The number of rotatable bonds is 1. The van der Waals surface area contributed by atoms with Gasteiger partial charge < -0.3 is 0 Å². The number of fused-ring (bicyclic) bond motifs is 5. The molecule has 0 N–H and O–H groups in total. The SMILES string of the molecule is O=[N+]([O-])c1cccc2c1[C@H]1C=C[C@@H]2C1. The highest BCUT2D eigenvalue weighted by Crippen LogP contribution is 2.51. The number of nitro groups is 1. The number of nitrogens with zero attached hydrogens (tertiary/aromatic N) is 1. The first-order valence-corrected chi connectivity index (χ1v) is 4.73.